The maximum atomic E-state index is 6.04. The molecule has 112 valence electrons. The van der Waals surface area contributed by atoms with E-state index in [2.05, 4.69) is 57.3 Å². The molecular weight excluding hydrogens is 246 g/mol. The molecule has 1 N–H and O–H groups in total. The van der Waals surface area contributed by atoms with Crippen LogP contribution in [0.25, 0.3) is 0 Å². The number of rotatable bonds is 7. The second kappa shape index (κ2) is 6.62. The predicted molar refractivity (Wildman–Crippen MR) is 85.4 cm³/mol. The Hall–Kier alpha value is -1.02. The third kappa shape index (κ3) is 4.52. The van der Waals surface area contributed by atoms with Gasteiger partial charge in [0.1, 0.15) is 12.4 Å². The molecule has 2 heteroatoms. The van der Waals surface area contributed by atoms with Crippen molar-refractivity contribution in [3.05, 3.63) is 29.8 Å². The van der Waals surface area contributed by atoms with Crippen molar-refractivity contribution in [1.82, 2.24) is 5.32 Å². The molecule has 0 bridgehead atoms. The van der Waals surface area contributed by atoms with Crippen LogP contribution in [-0.4, -0.2) is 19.2 Å². The summed E-state index contributed by atoms with van der Waals surface area (Å²) in [5.41, 5.74) is 1.51. The second-order valence-electron chi connectivity index (χ2n) is 6.99. The smallest absolute Gasteiger partial charge is 0.119 e. The lowest BCUT2D eigenvalue weighted by Gasteiger charge is -2.21. The highest BCUT2D eigenvalue weighted by atomic mass is 16.5. The average molecular weight is 275 g/mol. The fraction of sp³-hybridized carbons (Fsp3) is 0.667. The van der Waals surface area contributed by atoms with Crippen molar-refractivity contribution in [1.29, 1.82) is 0 Å². The quantitative estimate of drug-likeness (QED) is 0.807. The zero-order valence-corrected chi connectivity index (χ0v) is 13.4. The first kappa shape index (κ1) is 15.4. The van der Waals surface area contributed by atoms with Gasteiger partial charge < -0.3 is 10.1 Å². The van der Waals surface area contributed by atoms with Crippen LogP contribution >= 0.6 is 0 Å². The van der Waals surface area contributed by atoms with Crippen LogP contribution in [0, 0.1) is 5.92 Å². The third-order valence-electron chi connectivity index (χ3n) is 3.98. The fourth-order valence-corrected chi connectivity index (χ4v) is 2.43. The number of nitrogens with one attached hydrogen (secondary N) is 1. The zero-order chi connectivity index (χ0) is 14.6. The summed E-state index contributed by atoms with van der Waals surface area (Å²) in [7, 11) is 0. The first-order valence-electron chi connectivity index (χ1n) is 7.97. The van der Waals surface area contributed by atoms with Gasteiger partial charge in [0, 0.05) is 6.04 Å². The van der Waals surface area contributed by atoms with E-state index in [1.165, 1.54) is 24.8 Å². The molecule has 2 rings (SSSR count). The number of hydrogen-bond acceptors (Lipinski definition) is 2. The minimum atomic E-state index is 0.176. The van der Waals surface area contributed by atoms with Crippen molar-refractivity contribution in [2.75, 3.05) is 13.2 Å². The van der Waals surface area contributed by atoms with Crippen LogP contribution in [0.3, 0.4) is 0 Å². The van der Waals surface area contributed by atoms with Crippen molar-refractivity contribution in [2.45, 2.75) is 58.4 Å². The summed E-state index contributed by atoms with van der Waals surface area (Å²) in [6.07, 6.45) is 3.89. The second-order valence-corrected chi connectivity index (χ2v) is 6.99. The van der Waals surface area contributed by atoms with Gasteiger partial charge >= 0.3 is 0 Å². The normalized spacial score (nSPS) is 17.0. The van der Waals surface area contributed by atoms with E-state index < -0.39 is 0 Å². The Bertz CT molecular complexity index is 418. The molecule has 0 heterocycles. The van der Waals surface area contributed by atoms with Crippen LogP contribution in [-0.2, 0) is 5.41 Å². The van der Waals surface area contributed by atoms with Gasteiger partial charge in [-0.15, -0.1) is 0 Å². The number of hydrogen-bond donors (Lipinski definition) is 1. The molecule has 2 nitrogen and oxygen atoms in total. The highest BCUT2D eigenvalue weighted by Gasteiger charge is 2.31. The summed E-state index contributed by atoms with van der Waals surface area (Å²) < 4.78 is 6.04. The molecule has 0 saturated heterocycles. The maximum absolute atomic E-state index is 6.04. The van der Waals surface area contributed by atoms with Crippen LogP contribution in [0.2, 0.25) is 0 Å². The summed E-state index contributed by atoms with van der Waals surface area (Å²) in [5, 5.41) is 3.62. The van der Waals surface area contributed by atoms with Crippen LogP contribution in [0.4, 0.5) is 0 Å². The molecule has 1 atom stereocenters. The maximum Gasteiger partial charge on any atom is 0.119 e. The van der Waals surface area contributed by atoms with Gasteiger partial charge in [-0.3, -0.25) is 0 Å². The summed E-state index contributed by atoms with van der Waals surface area (Å²) in [6, 6.07) is 9.05. The molecule has 1 aromatic carbocycles. The standard InChI is InChI=1S/C18H29NO/c1-5-11-19-17(14-9-10-14)13-20-16-8-6-7-15(12-16)18(2,3)4/h6-8,12,14,17,19H,5,9-11,13H2,1-4H3. The Morgan fingerprint density at radius 1 is 1.30 bits per heavy atom. The fourth-order valence-electron chi connectivity index (χ4n) is 2.43. The van der Waals surface area contributed by atoms with Gasteiger partial charge in [0.25, 0.3) is 0 Å². The lowest BCUT2D eigenvalue weighted by Crippen LogP contribution is -2.37. The minimum Gasteiger partial charge on any atom is -0.492 e. The van der Waals surface area contributed by atoms with E-state index in [0.29, 0.717) is 6.04 Å². The molecule has 0 spiro atoms. The van der Waals surface area contributed by atoms with Gasteiger partial charge in [-0.1, -0.05) is 39.8 Å². The number of ether oxygens (including phenoxy) is 1. The van der Waals surface area contributed by atoms with E-state index in [0.717, 1.165) is 24.8 Å². The SMILES string of the molecule is CCCNC(COc1cccc(C(C)(C)C)c1)C1CC1. The highest BCUT2D eigenvalue weighted by Crippen LogP contribution is 2.33. The largest absolute Gasteiger partial charge is 0.492 e. The average Bonchev–Trinajstić information content (AvgIpc) is 3.23. The van der Waals surface area contributed by atoms with E-state index >= 15 is 0 Å². The van der Waals surface area contributed by atoms with Gasteiger partial charge in [0.2, 0.25) is 0 Å². The summed E-state index contributed by atoms with van der Waals surface area (Å²) in [4.78, 5) is 0. The Kier molecular flexibility index (Phi) is 5.09. The van der Waals surface area contributed by atoms with E-state index in [1.807, 2.05) is 0 Å². The molecule has 0 aromatic heterocycles. The molecule has 1 fully saturated rings. The van der Waals surface area contributed by atoms with Crippen LogP contribution in [0.5, 0.6) is 5.75 Å². The van der Waals surface area contributed by atoms with Gasteiger partial charge in [-0.2, -0.15) is 0 Å². The molecule has 20 heavy (non-hydrogen) atoms. The number of benzene rings is 1. The van der Waals surface area contributed by atoms with Gasteiger partial charge in [0.05, 0.1) is 0 Å². The molecule has 1 aliphatic rings. The van der Waals surface area contributed by atoms with Crippen LogP contribution < -0.4 is 10.1 Å². The van der Waals surface area contributed by atoms with E-state index in [4.69, 9.17) is 4.74 Å². The lowest BCUT2D eigenvalue weighted by atomic mass is 9.87. The van der Waals surface area contributed by atoms with Gasteiger partial charge in [-0.05, 0) is 54.8 Å². The molecule has 0 radical (unpaired) electrons. The van der Waals surface area contributed by atoms with Crippen LogP contribution in [0.15, 0.2) is 24.3 Å². The first-order chi connectivity index (χ1) is 9.50. The highest BCUT2D eigenvalue weighted by molar-refractivity contribution is 5.32. The molecule has 0 amide bonds. The van der Waals surface area contributed by atoms with E-state index in [9.17, 15) is 0 Å². The monoisotopic (exact) mass is 275 g/mol. The molecule has 0 aliphatic heterocycles. The van der Waals surface area contributed by atoms with Crippen molar-refractivity contribution >= 4 is 0 Å². The van der Waals surface area contributed by atoms with Gasteiger partial charge in [0.15, 0.2) is 0 Å². The predicted octanol–water partition coefficient (Wildman–Crippen LogP) is 4.14. The van der Waals surface area contributed by atoms with Crippen LogP contribution in [0.1, 0.15) is 52.5 Å². The molecular formula is C18H29NO. The Morgan fingerprint density at radius 2 is 2.05 bits per heavy atom. The summed E-state index contributed by atoms with van der Waals surface area (Å²) >= 11 is 0. The van der Waals surface area contributed by atoms with Crippen molar-refractivity contribution in [3.63, 3.8) is 0 Å². The first-order valence-corrected chi connectivity index (χ1v) is 7.97. The molecule has 1 aromatic rings. The Balaban J connectivity index is 1.92. The third-order valence-corrected chi connectivity index (χ3v) is 3.98. The zero-order valence-electron chi connectivity index (χ0n) is 13.4. The summed E-state index contributed by atoms with van der Waals surface area (Å²) in [6.45, 7) is 10.8. The lowest BCUT2D eigenvalue weighted by molar-refractivity contribution is 0.249. The summed E-state index contributed by atoms with van der Waals surface area (Å²) in [5.74, 6) is 1.83. The van der Waals surface area contributed by atoms with E-state index in [-0.39, 0.29) is 5.41 Å². The van der Waals surface area contributed by atoms with Crippen molar-refractivity contribution in [2.24, 2.45) is 5.92 Å². The minimum absolute atomic E-state index is 0.176. The molecule has 1 aliphatic carbocycles. The van der Waals surface area contributed by atoms with Crippen molar-refractivity contribution in [3.8, 4) is 5.75 Å². The van der Waals surface area contributed by atoms with Crippen molar-refractivity contribution < 1.29 is 4.74 Å². The molecule has 1 unspecified atom stereocenters. The van der Waals surface area contributed by atoms with Gasteiger partial charge in [-0.25, -0.2) is 0 Å². The Morgan fingerprint density at radius 3 is 2.65 bits per heavy atom. The topological polar surface area (TPSA) is 21.3 Å². The molecule has 1 saturated carbocycles. The Labute approximate surface area is 123 Å². The van der Waals surface area contributed by atoms with E-state index in [1.54, 1.807) is 0 Å².